The maximum absolute atomic E-state index is 8.59. The topological polar surface area (TPSA) is 33.1 Å². The van der Waals surface area contributed by atoms with Crippen LogP contribution in [0.4, 0.5) is 0 Å². The molecule has 0 amide bonds. The number of aromatic nitrogens is 1. The first kappa shape index (κ1) is 11.5. The molecule has 2 nitrogen and oxygen atoms in total. The number of thioether (sulfide) groups is 1. The Morgan fingerprint density at radius 2 is 2.07 bits per heavy atom. The van der Waals surface area contributed by atoms with Crippen molar-refractivity contribution in [1.82, 2.24) is 4.98 Å². The molecule has 1 aromatic heterocycles. The molecular weight excluding hydrogens is 194 g/mol. The third kappa shape index (κ3) is 5.25. The summed E-state index contributed by atoms with van der Waals surface area (Å²) in [5.74, 6) is 1.15. The van der Waals surface area contributed by atoms with E-state index in [0.717, 1.165) is 18.6 Å². The van der Waals surface area contributed by atoms with Crippen molar-refractivity contribution in [2.75, 3.05) is 12.4 Å². The van der Waals surface area contributed by atoms with Gasteiger partial charge < -0.3 is 5.11 Å². The molecule has 0 unspecified atom stereocenters. The Labute approximate surface area is 89.8 Å². The molecule has 0 fully saturated rings. The largest absolute Gasteiger partial charge is 0.396 e. The average Bonchev–Trinajstić information content (AvgIpc) is 2.25. The van der Waals surface area contributed by atoms with Gasteiger partial charge in [-0.2, -0.15) is 0 Å². The molecule has 14 heavy (non-hydrogen) atoms. The van der Waals surface area contributed by atoms with E-state index in [2.05, 4.69) is 11.1 Å². The second-order valence-corrected chi connectivity index (χ2v) is 4.34. The van der Waals surface area contributed by atoms with Crippen molar-refractivity contribution in [2.45, 2.75) is 30.6 Å². The first-order valence-corrected chi connectivity index (χ1v) is 6.06. The Kier molecular flexibility index (Phi) is 6.45. The lowest BCUT2D eigenvalue weighted by Gasteiger charge is -2.00. The zero-order chi connectivity index (χ0) is 10.1. The molecule has 0 aliphatic heterocycles. The van der Waals surface area contributed by atoms with E-state index >= 15 is 0 Å². The van der Waals surface area contributed by atoms with E-state index in [1.807, 2.05) is 24.0 Å². The fourth-order valence-electron chi connectivity index (χ4n) is 1.19. The van der Waals surface area contributed by atoms with E-state index in [-0.39, 0.29) is 0 Å². The van der Waals surface area contributed by atoms with Gasteiger partial charge >= 0.3 is 0 Å². The summed E-state index contributed by atoms with van der Waals surface area (Å²) in [6.45, 7) is 0.329. The summed E-state index contributed by atoms with van der Waals surface area (Å²) in [6.07, 6.45) is 8.22. The van der Waals surface area contributed by atoms with Crippen LogP contribution in [0, 0.1) is 0 Å². The fraction of sp³-hybridized carbons (Fsp3) is 0.545. The van der Waals surface area contributed by atoms with Gasteiger partial charge in [0.2, 0.25) is 0 Å². The van der Waals surface area contributed by atoms with Crippen LogP contribution >= 0.6 is 11.8 Å². The van der Waals surface area contributed by atoms with Crippen molar-refractivity contribution in [3.63, 3.8) is 0 Å². The molecule has 0 aliphatic carbocycles. The van der Waals surface area contributed by atoms with Gasteiger partial charge in [0, 0.05) is 23.9 Å². The van der Waals surface area contributed by atoms with E-state index in [9.17, 15) is 0 Å². The second kappa shape index (κ2) is 7.83. The monoisotopic (exact) mass is 211 g/mol. The number of unbranched alkanes of at least 4 members (excludes halogenated alkanes) is 3. The number of aliphatic hydroxyl groups excluding tert-OH is 1. The molecule has 1 rings (SSSR count). The van der Waals surface area contributed by atoms with Crippen LogP contribution in [-0.4, -0.2) is 22.5 Å². The fourth-order valence-corrected chi connectivity index (χ4v) is 2.08. The highest BCUT2D eigenvalue weighted by Gasteiger charge is 1.93. The Morgan fingerprint density at radius 1 is 1.21 bits per heavy atom. The minimum atomic E-state index is 0.329. The molecule has 0 atom stereocenters. The van der Waals surface area contributed by atoms with Gasteiger partial charge in [0.25, 0.3) is 0 Å². The van der Waals surface area contributed by atoms with E-state index in [1.165, 1.54) is 17.7 Å². The number of hydrogen-bond acceptors (Lipinski definition) is 3. The molecule has 0 saturated heterocycles. The van der Waals surface area contributed by atoms with Gasteiger partial charge in [0.1, 0.15) is 0 Å². The van der Waals surface area contributed by atoms with Crippen LogP contribution in [0.5, 0.6) is 0 Å². The summed E-state index contributed by atoms with van der Waals surface area (Å²) in [6, 6.07) is 4.06. The maximum atomic E-state index is 8.59. The average molecular weight is 211 g/mol. The van der Waals surface area contributed by atoms with Crippen molar-refractivity contribution >= 4 is 11.8 Å². The molecule has 0 aromatic carbocycles. The molecule has 0 aliphatic rings. The highest BCUT2D eigenvalue weighted by molar-refractivity contribution is 7.99. The van der Waals surface area contributed by atoms with Crippen LogP contribution in [0.2, 0.25) is 0 Å². The van der Waals surface area contributed by atoms with Gasteiger partial charge in [0.05, 0.1) is 0 Å². The van der Waals surface area contributed by atoms with Gasteiger partial charge in [-0.1, -0.05) is 12.8 Å². The highest BCUT2D eigenvalue weighted by atomic mass is 32.2. The molecule has 0 bridgehead atoms. The van der Waals surface area contributed by atoms with Gasteiger partial charge in [-0.05, 0) is 30.7 Å². The quantitative estimate of drug-likeness (QED) is 0.556. The Morgan fingerprint density at radius 3 is 2.79 bits per heavy atom. The van der Waals surface area contributed by atoms with Gasteiger partial charge in [0.15, 0.2) is 0 Å². The van der Waals surface area contributed by atoms with Crippen LogP contribution in [0.25, 0.3) is 0 Å². The number of nitrogens with zero attached hydrogens (tertiary/aromatic N) is 1. The first-order valence-electron chi connectivity index (χ1n) is 5.07. The Balaban J connectivity index is 1.99. The van der Waals surface area contributed by atoms with Crippen molar-refractivity contribution in [1.29, 1.82) is 0 Å². The summed E-state index contributed by atoms with van der Waals surface area (Å²) >= 11 is 1.85. The van der Waals surface area contributed by atoms with Crippen molar-refractivity contribution in [2.24, 2.45) is 0 Å². The molecule has 3 heteroatoms. The summed E-state index contributed by atoms with van der Waals surface area (Å²) in [5, 5.41) is 8.59. The van der Waals surface area contributed by atoms with E-state index < -0.39 is 0 Å². The van der Waals surface area contributed by atoms with Crippen LogP contribution in [0.1, 0.15) is 25.7 Å². The number of pyridine rings is 1. The minimum Gasteiger partial charge on any atom is -0.396 e. The van der Waals surface area contributed by atoms with Crippen LogP contribution in [0.15, 0.2) is 29.4 Å². The summed E-state index contributed by atoms with van der Waals surface area (Å²) in [7, 11) is 0. The molecule has 0 spiro atoms. The summed E-state index contributed by atoms with van der Waals surface area (Å²) < 4.78 is 0. The standard InChI is InChI=1S/C11H17NOS/c13-8-3-1-2-4-9-14-11-6-5-7-12-10-11/h5-7,10,13H,1-4,8-9H2. The first-order chi connectivity index (χ1) is 6.93. The molecule has 0 saturated carbocycles. The Bertz CT molecular complexity index is 228. The van der Waals surface area contributed by atoms with Gasteiger partial charge in [-0.15, -0.1) is 11.8 Å². The highest BCUT2D eigenvalue weighted by Crippen LogP contribution is 2.17. The van der Waals surface area contributed by atoms with Crippen LogP contribution in [-0.2, 0) is 0 Å². The van der Waals surface area contributed by atoms with Crippen LogP contribution < -0.4 is 0 Å². The lowest BCUT2D eigenvalue weighted by Crippen LogP contribution is -1.85. The van der Waals surface area contributed by atoms with Gasteiger partial charge in [-0.25, -0.2) is 0 Å². The van der Waals surface area contributed by atoms with E-state index in [1.54, 1.807) is 6.20 Å². The lowest BCUT2D eigenvalue weighted by atomic mass is 10.2. The molecular formula is C11H17NOS. The second-order valence-electron chi connectivity index (χ2n) is 3.18. The smallest absolute Gasteiger partial charge is 0.0431 e. The molecule has 78 valence electrons. The molecule has 1 N–H and O–H groups in total. The third-order valence-electron chi connectivity index (χ3n) is 1.96. The zero-order valence-corrected chi connectivity index (χ0v) is 9.17. The molecule has 0 radical (unpaired) electrons. The van der Waals surface area contributed by atoms with E-state index in [0.29, 0.717) is 6.61 Å². The SMILES string of the molecule is OCCCCCCSc1cccnc1. The van der Waals surface area contributed by atoms with Crippen molar-refractivity contribution in [3.8, 4) is 0 Å². The van der Waals surface area contributed by atoms with E-state index in [4.69, 9.17) is 5.11 Å². The summed E-state index contributed by atoms with van der Waals surface area (Å²) in [4.78, 5) is 5.30. The predicted octanol–water partition coefficient (Wildman–Crippen LogP) is 2.73. The number of hydrogen-bond donors (Lipinski definition) is 1. The Hall–Kier alpha value is -0.540. The number of aliphatic hydroxyl groups is 1. The molecule has 1 aromatic rings. The van der Waals surface area contributed by atoms with Crippen molar-refractivity contribution in [3.05, 3.63) is 24.5 Å². The molecule has 1 heterocycles. The summed E-state index contributed by atoms with van der Waals surface area (Å²) in [5.41, 5.74) is 0. The normalized spacial score (nSPS) is 10.4. The maximum Gasteiger partial charge on any atom is 0.0431 e. The minimum absolute atomic E-state index is 0.329. The lowest BCUT2D eigenvalue weighted by molar-refractivity contribution is 0.283. The van der Waals surface area contributed by atoms with Crippen molar-refractivity contribution < 1.29 is 5.11 Å². The van der Waals surface area contributed by atoms with Crippen LogP contribution in [0.3, 0.4) is 0 Å². The predicted molar refractivity (Wildman–Crippen MR) is 60.5 cm³/mol. The van der Waals surface area contributed by atoms with Gasteiger partial charge in [-0.3, -0.25) is 4.98 Å². The number of rotatable bonds is 7. The zero-order valence-electron chi connectivity index (χ0n) is 8.35. The third-order valence-corrected chi connectivity index (χ3v) is 3.02.